The van der Waals surface area contributed by atoms with Crippen molar-refractivity contribution in [2.75, 3.05) is 20.2 Å². The normalized spacial score (nSPS) is 12.2. The molecule has 2 aromatic carbocycles. The second-order valence-electron chi connectivity index (χ2n) is 8.43. The Hall–Kier alpha value is -2.83. The number of aryl methyl sites for hydroxylation is 1. The van der Waals surface area contributed by atoms with Gasteiger partial charge in [-0.1, -0.05) is 51.0 Å². The van der Waals surface area contributed by atoms with E-state index < -0.39 is 0 Å². The van der Waals surface area contributed by atoms with Gasteiger partial charge in [0.25, 0.3) is 0 Å². The lowest BCUT2D eigenvalue weighted by atomic mass is 10.1. The molecule has 0 unspecified atom stereocenters. The lowest BCUT2D eigenvalue weighted by Gasteiger charge is -2.25. The average Bonchev–Trinajstić information content (AvgIpc) is 3.13. The third-order valence-corrected chi connectivity index (χ3v) is 5.68. The summed E-state index contributed by atoms with van der Waals surface area (Å²) in [6.45, 7) is 8.54. The molecular weight excluding hydrogens is 414 g/mol. The molecule has 0 saturated carbocycles. The van der Waals surface area contributed by atoms with E-state index >= 15 is 0 Å². The molecule has 1 N–H and O–H groups in total. The first-order valence-electron chi connectivity index (χ1n) is 11.9. The number of aliphatic hydroxyl groups is 1. The van der Waals surface area contributed by atoms with Crippen LogP contribution in [0.2, 0.25) is 0 Å². The summed E-state index contributed by atoms with van der Waals surface area (Å²) in [4.78, 5) is 2.30. The van der Waals surface area contributed by atoms with Crippen molar-refractivity contribution in [3.63, 3.8) is 0 Å². The van der Waals surface area contributed by atoms with E-state index in [1.54, 1.807) is 7.11 Å². The van der Waals surface area contributed by atoms with E-state index in [-0.39, 0.29) is 6.10 Å². The molecule has 1 heterocycles. The van der Waals surface area contributed by atoms with Gasteiger partial charge in [0.1, 0.15) is 11.5 Å². The highest BCUT2D eigenvalue weighted by Crippen LogP contribution is 2.33. The molecule has 0 aliphatic carbocycles. The van der Waals surface area contributed by atoms with E-state index in [1.807, 2.05) is 66.2 Å². The highest BCUT2D eigenvalue weighted by atomic mass is 16.5. The summed E-state index contributed by atoms with van der Waals surface area (Å²) in [5.41, 5.74) is 2.88. The summed E-state index contributed by atoms with van der Waals surface area (Å²) in [7, 11) is 1.65. The second-order valence-corrected chi connectivity index (χ2v) is 8.43. The Morgan fingerprint density at radius 1 is 1.03 bits per heavy atom. The Balaban J connectivity index is 1.96. The molecule has 0 radical (unpaired) electrons. The highest BCUT2D eigenvalue weighted by molar-refractivity contribution is 5.44. The van der Waals surface area contributed by atoms with Gasteiger partial charge in [-0.2, -0.15) is 5.10 Å². The molecular formula is C27H37N3O3. The number of benzene rings is 2. The first-order valence-corrected chi connectivity index (χ1v) is 11.9. The molecule has 6 nitrogen and oxygen atoms in total. The summed E-state index contributed by atoms with van der Waals surface area (Å²) in [6.07, 6.45) is 3.64. The van der Waals surface area contributed by atoms with Crippen molar-refractivity contribution in [2.24, 2.45) is 0 Å². The number of aromatic nitrogens is 2. The third-order valence-electron chi connectivity index (χ3n) is 5.68. The Morgan fingerprint density at radius 3 is 2.48 bits per heavy atom. The molecule has 0 amide bonds. The minimum Gasteiger partial charge on any atom is -0.497 e. The molecule has 0 aliphatic heterocycles. The number of aliphatic hydroxyl groups excluding tert-OH is 1. The van der Waals surface area contributed by atoms with Crippen LogP contribution in [0.4, 0.5) is 0 Å². The van der Waals surface area contributed by atoms with Crippen molar-refractivity contribution in [1.82, 2.24) is 14.7 Å². The third kappa shape index (κ3) is 6.83. The van der Waals surface area contributed by atoms with Gasteiger partial charge in [-0.3, -0.25) is 4.90 Å². The van der Waals surface area contributed by atoms with Crippen molar-refractivity contribution >= 4 is 0 Å². The topological polar surface area (TPSA) is 59.8 Å². The van der Waals surface area contributed by atoms with Crippen LogP contribution in [0.25, 0.3) is 5.69 Å². The Bertz CT molecular complexity index is 988. The number of methoxy groups -OCH3 is 1. The lowest BCUT2D eigenvalue weighted by Crippen LogP contribution is -2.33. The van der Waals surface area contributed by atoms with Crippen molar-refractivity contribution in [3.05, 3.63) is 65.9 Å². The number of nitrogens with zero attached hydrogens (tertiary/aromatic N) is 3. The van der Waals surface area contributed by atoms with Crippen molar-refractivity contribution in [2.45, 2.75) is 59.1 Å². The largest absolute Gasteiger partial charge is 0.497 e. The van der Waals surface area contributed by atoms with E-state index in [0.29, 0.717) is 24.7 Å². The Morgan fingerprint density at radius 2 is 1.79 bits per heavy atom. The zero-order valence-corrected chi connectivity index (χ0v) is 20.3. The molecule has 0 fully saturated rings. The molecule has 178 valence electrons. The average molecular weight is 452 g/mol. The van der Waals surface area contributed by atoms with E-state index in [4.69, 9.17) is 14.6 Å². The minimum atomic E-state index is -0.330. The van der Waals surface area contributed by atoms with Gasteiger partial charge in [0.2, 0.25) is 5.88 Å². The summed E-state index contributed by atoms with van der Waals surface area (Å²) >= 11 is 0. The summed E-state index contributed by atoms with van der Waals surface area (Å²) < 4.78 is 13.7. The number of ether oxygens (including phenoxy) is 2. The maximum absolute atomic E-state index is 10.6. The summed E-state index contributed by atoms with van der Waals surface area (Å²) in [5.74, 6) is 2.12. The molecule has 1 atom stereocenters. The smallest absolute Gasteiger partial charge is 0.227 e. The molecule has 6 heteroatoms. The van der Waals surface area contributed by atoms with Crippen LogP contribution in [0, 0.1) is 6.92 Å². The number of hydrogen-bond donors (Lipinski definition) is 1. The van der Waals surface area contributed by atoms with Crippen LogP contribution in [0.5, 0.6) is 17.4 Å². The Kier molecular flexibility index (Phi) is 9.34. The van der Waals surface area contributed by atoms with Crippen LogP contribution in [-0.4, -0.2) is 46.1 Å². The molecule has 0 bridgehead atoms. The maximum Gasteiger partial charge on any atom is 0.227 e. The fourth-order valence-corrected chi connectivity index (χ4v) is 3.95. The van der Waals surface area contributed by atoms with Crippen LogP contribution in [-0.2, 0) is 6.54 Å². The van der Waals surface area contributed by atoms with Gasteiger partial charge in [-0.05, 0) is 50.6 Å². The number of unbranched alkanes of at least 4 members (excludes halogenated alkanes) is 1. The van der Waals surface area contributed by atoms with Crippen molar-refractivity contribution < 1.29 is 14.6 Å². The van der Waals surface area contributed by atoms with Gasteiger partial charge in [0.05, 0.1) is 30.2 Å². The molecule has 3 aromatic rings. The molecule has 33 heavy (non-hydrogen) atoms. The quantitative estimate of drug-likeness (QED) is 0.359. The van der Waals surface area contributed by atoms with Gasteiger partial charge < -0.3 is 14.6 Å². The van der Waals surface area contributed by atoms with Crippen molar-refractivity contribution in [3.8, 4) is 23.1 Å². The molecule has 0 spiro atoms. The number of rotatable bonds is 13. The fraction of sp³-hybridized carbons (Fsp3) is 0.444. The van der Waals surface area contributed by atoms with E-state index in [1.165, 1.54) is 0 Å². The fourth-order valence-electron chi connectivity index (χ4n) is 3.95. The number of para-hydroxylation sites is 1. The molecule has 3 rings (SSSR count). The van der Waals surface area contributed by atoms with Crippen LogP contribution in [0.3, 0.4) is 0 Å². The summed E-state index contributed by atoms with van der Waals surface area (Å²) in [6, 6.07) is 17.6. The van der Waals surface area contributed by atoms with Crippen LogP contribution in [0.1, 0.15) is 50.8 Å². The molecule has 0 saturated heterocycles. The standard InChI is InChI=1S/C27H37N3O3/c1-5-7-14-23(31)19-29(17-6-2)20-26-21(3)28-30(22-12-9-8-10-13-22)27(26)33-25-16-11-15-24(18-25)32-4/h8-13,15-16,18,23,31H,5-7,14,17,19-20H2,1-4H3/t23-/m0/s1. The van der Waals surface area contributed by atoms with Gasteiger partial charge >= 0.3 is 0 Å². The van der Waals surface area contributed by atoms with Crippen LogP contribution in [0.15, 0.2) is 54.6 Å². The van der Waals surface area contributed by atoms with Crippen LogP contribution >= 0.6 is 0 Å². The monoisotopic (exact) mass is 451 g/mol. The molecule has 0 aliphatic rings. The first-order chi connectivity index (χ1) is 16.0. The van der Waals surface area contributed by atoms with E-state index in [2.05, 4.69) is 18.7 Å². The first kappa shape index (κ1) is 24.8. The summed E-state index contributed by atoms with van der Waals surface area (Å²) in [5, 5.41) is 15.4. The number of hydrogen-bond acceptors (Lipinski definition) is 5. The minimum absolute atomic E-state index is 0.330. The van der Waals surface area contributed by atoms with Gasteiger partial charge in [0, 0.05) is 19.2 Å². The maximum atomic E-state index is 10.6. The van der Waals surface area contributed by atoms with E-state index in [9.17, 15) is 5.11 Å². The van der Waals surface area contributed by atoms with E-state index in [0.717, 1.165) is 54.9 Å². The molecule has 1 aromatic heterocycles. The second kappa shape index (κ2) is 12.4. The predicted molar refractivity (Wildman–Crippen MR) is 132 cm³/mol. The lowest BCUT2D eigenvalue weighted by molar-refractivity contribution is 0.0991. The van der Waals surface area contributed by atoms with Gasteiger partial charge in [0.15, 0.2) is 0 Å². The highest BCUT2D eigenvalue weighted by Gasteiger charge is 2.22. The van der Waals surface area contributed by atoms with Crippen LogP contribution < -0.4 is 9.47 Å². The zero-order chi connectivity index (χ0) is 23.6. The predicted octanol–water partition coefficient (Wildman–Crippen LogP) is 5.74. The van der Waals surface area contributed by atoms with Gasteiger partial charge in [-0.25, -0.2) is 4.68 Å². The zero-order valence-electron chi connectivity index (χ0n) is 20.3. The van der Waals surface area contributed by atoms with Crippen molar-refractivity contribution in [1.29, 1.82) is 0 Å². The SMILES string of the molecule is CCCC[C@H](O)CN(CCC)Cc1c(C)nn(-c2ccccc2)c1Oc1cccc(OC)c1. The Labute approximate surface area is 197 Å². The van der Waals surface area contributed by atoms with Gasteiger partial charge in [-0.15, -0.1) is 0 Å².